The Hall–Kier alpha value is -1.86. The Morgan fingerprint density at radius 3 is 2.50 bits per heavy atom. The average molecular weight is 465 g/mol. The second-order valence-electron chi connectivity index (χ2n) is 7.49. The van der Waals surface area contributed by atoms with Crippen LogP contribution in [-0.2, 0) is 10.0 Å². The molecule has 0 bridgehead atoms. The molecular weight excluding hydrogens is 440 g/mol. The Labute approximate surface area is 175 Å². The number of carbonyl (C=O) groups is 1. The highest BCUT2D eigenvalue weighted by Crippen LogP contribution is 2.29. The molecule has 0 spiro atoms. The third-order valence-corrected chi connectivity index (χ3v) is 7.45. The van der Waals surface area contributed by atoms with Gasteiger partial charge in [-0.2, -0.15) is 0 Å². The molecule has 3 atom stereocenters. The molecule has 0 aromatic heterocycles. The van der Waals surface area contributed by atoms with Gasteiger partial charge in [-0.1, -0.05) is 48.7 Å². The summed E-state index contributed by atoms with van der Waals surface area (Å²) in [7, 11) is -3.72. The summed E-state index contributed by atoms with van der Waals surface area (Å²) in [6, 6.07) is 13.1. The van der Waals surface area contributed by atoms with Crippen molar-refractivity contribution in [3.63, 3.8) is 0 Å². The van der Waals surface area contributed by atoms with Crippen LogP contribution < -0.4 is 10.0 Å². The van der Waals surface area contributed by atoms with E-state index in [1.54, 1.807) is 36.4 Å². The maximum Gasteiger partial charge on any atom is 0.261 e. The monoisotopic (exact) mass is 464 g/mol. The zero-order chi connectivity index (χ0) is 20.3. The van der Waals surface area contributed by atoms with E-state index < -0.39 is 10.0 Å². The molecule has 1 saturated carbocycles. The maximum absolute atomic E-state index is 12.7. The second-order valence-corrected chi connectivity index (χ2v) is 10.1. The molecule has 1 fully saturated rings. The van der Waals surface area contributed by atoms with Crippen LogP contribution in [0.15, 0.2) is 57.9 Å². The third kappa shape index (κ3) is 4.94. The van der Waals surface area contributed by atoms with Gasteiger partial charge in [0.1, 0.15) is 0 Å². The minimum Gasteiger partial charge on any atom is -0.349 e. The predicted molar refractivity (Wildman–Crippen MR) is 115 cm³/mol. The molecule has 28 heavy (non-hydrogen) atoms. The van der Waals surface area contributed by atoms with E-state index in [1.807, 2.05) is 0 Å². The topological polar surface area (TPSA) is 75.3 Å². The lowest BCUT2D eigenvalue weighted by molar-refractivity contribution is 0.0891. The molecule has 1 amide bonds. The van der Waals surface area contributed by atoms with Gasteiger partial charge in [-0.25, -0.2) is 8.42 Å². The number of carbonyl (C=O) groups excluding carboxylic acids is 1. The molecule has 2 aromatic carbocycles. The normalized spacial score (nSPS) is 22.5. The van der Waals surface area contributed by atoms with Crippen LogP contribution in [0.3, 0.4) is 0 Å². The fourth-order valence-electron chi connectivity index (χ4n) is 3.59. The van der Waals surface area contributed by atoms with Crippen molar-refractivity contribution in [1.29, 1.82) is 0 Å². The van der Waals surface area contributed by atoms with Crippen molar-refractivity contribution in [3.05, 3.63) is 58.6 Å². The average Bonchev–Trinajstić information content (AvgIpc) is 2.65. The number of nitrogens with one attached hydrogen (secondary N) is 2. The highest BCUT2D eigenvalue weighted by molar-refractivity contribution is 9.10. The fourth-order valence-corrected chi connectivity index (χ4v) is 4.90. The molecule has 0 aliphatic heterocycles. The molecule has 150 valence electrons. The number of sulfonamides is 1. The molecule has 0 saturated heterocycles. The molecule has 0 radical (unpaired) electrons. The zero-order valence-electron chi connectivity index (χ0n) is 16.0. The van der Waals surface area contributed by atoms with Gasteiger partial charge in [-0.05, 0) is 60.7 Å². The summed E-state index contributed by atoms with van der Waals surface area (Å²) in [4.78, 5) is 12.9. The molecule has 0 heterocycles. The summed E-state index contributed by atoms with van der Waals surface area (Å²) >= 11 is 3.29. The van der Waals surface area contributed by atoms with Crippen molar-refractivity contribution in [2.24, 2.45) is 11.8 Å². The van der Waals surface area contributed by atoms with E-state index in [0.717, 1.165) is 17.3 Å². The van der Waals surface area contributed by atoms with Gasteiger partial charge in [0.25, 0.3) is 15.9 Å². The Morgan fingerprint density at radius 1 is 1.07 bits per heavy atom. The Balaban J connectivity index is 1.73. The zero-order valence-corrected chi connectivity index (χ0v) is 18.4. The number of hydrogen-bond acceptors (Lipinski definition) is 3. The number of amides is 1. The molecular formula is C21H25BrN2O3S. The van der Waals surface area contributed by atoms with Gasteiger partial charge in [0.15, 0.2) is 0 Å². The van der Waals surface area contributed by atoms with Crippen LogP contribution in [0.4, 0.5) is 5.69 Å². The van der Waals surface area contributed by atoms with Crippen LogP contribution in [0.2, 0.25) is 0 Å². The van der Waals surface area contributed by atoms with Crippen molar-refractivity contribution in [3.8, 4) is 0 Å². The first kappa shape index (κ1) is 20.9. The summed E-state index contributed by atoms with van der Waals surface area (Å²) in [5, 5.41) is 3.12. The smallest absolute Gasteiger partial charge is 0.261 e. The SMILES string of the molecule is C[C@@H]1[C@H](C)CCC[C@@H]1NC(=O)c1cccc(NS(=O)(=O)c2ccc(Br)cc2)c1. The van der Waals surface area contributed by atoms with E-state index in [2.05, 4.69) is 39.8 Å². The lowest BCUT2D eigenvalue weighted by Gasteiger charge is -2.34. The van der Waals surface area contributed by atoms with Crippen molar-refractivity contribution < 1.29 is 13.2 Å². The third-order valence-electron chi connectivity index (χ3n) is 5.52. The van der Waals surface area contributed by atoms with Gasteiger partial charge in [0.2, 0.25) is 0 Å². The Kier molecular flexibility index (Phi) is 6.45. The van der Waals surface area contributed by atoms with Crippen LogP contribution >= 0.6 is 15.9 Å². The van der Waals surface area contributed by atoms with E-state index in [-0.39, 0.29) is 16.8 Å². The van der Waals surface area contributed by atoms with Crippen LogP contribution in [0.1, 0.15) is 43.5 Å². The minimum atomic E-state index is -3.72. The van der Waals surface area contributed by atoms with Crippen molar-refractivity contribution in [2.75, 3.05) is 4.72 Å². The van der Waals surface area contributed by atoms with E-state index in [1.165, 1.54) is 18.6 Å². The molecule has 1 aliphatic rings. The first-order valence-electron chi connectivity index (χ1n) is 9.45. The van der Waals surface area contributed by atoms with Crippen molar-refractivity contribution in [1.82, 2.24) is 5.32 Å². The highest BCUT2D eigenvalue weighted by Gasteiger charge is 2.28. The van der Waals surface area contributed by atoms with E-state index in [9.17, 15) is 13.2 Å². The molecule has 7 heteroatoms. The van der Waals surface area contributed by atoms with Gasteiger partial charge < -0.3 is 5.32 Å². The number of anilines is 1. The van der Waals surface area contributed by atoms with Crippen molar-refractivity contribution >= 4 is 37.5 Å². The summed E-state index contributed by atoms with van der Waals surface area (Å²) in [6.07, 6.45) is 3.29. The number of hydrogen-bond donors (Lipinski definition) is 2. The first-order valence-corrected chi connectivity index (χ1v) is 11.7. The molecule has 2 N–H and O–H groups in total. The molecule has 0 unspecified atom stereocenters. The van der Waals surface area contributed by atoms with E-state index in [4.69, 9.17) is 0 Å². The summed E-state index contributed by atoms with van der Waals surface area (Å²) in [5.41, 5.74) is 0.807. The van der Waals surface area contributed by atoms with E-state index in [0.29, 0.717) is 23.1 Å². The standard InChI is InChI=1S/C21H25BrN2O3S/c1-14-5-3-8-20(15(14)2)23-21(25)16-6-4-7-18(13-16)24-28(26,27)19-11-9-17(22)10-12-19/h4,6-7,9-15,20,24H,3,5,8H2,1-2H3,(H,23,25)/t14-,15-,20+/m1/s1. The van der Waals surface area contributed by atoms with Gasteiger partial charge in [-0.15, -0.1) is 0 Å². The van der Waals surface area contributed by atoms with Gasteiger partial charge in [-0.3, -0.25) is 9.52 Å². The van der Waals surface area contributed by atoms with Gasteiger partial charge >= 0.3 is 0 Å². The quantitative estimate of drug-likeness (QED) is 0.666. The number of rotatable bonds is 5. The van der Waals surface area contributed by atoms with Crippen LogP contribution in [0, 0.1) is 11.8 Å². The Morgan fingerprint density at radius 2 is 1.79 bits per heavy atom. The lowest BCUT2D eigenvalue weighted by atomic mass is 9.78. The van der Waals surface area contributed by atoms with Gasteiger partial charge in [0.05, 0.1) is 4.90 Å². The molecule has 3 rings (SSSR count). The summed E-state index contributed by atoms with van der Waals surface area (Å²) in [5.74, 6) is 0.843. The Bertz CT molecular complexity index is 944. The summed E-state index contributed by atoms with van der Waals surface area (Å²) < 4.78 is 28.5. The van der Waals surface area contributed by atoms with Gasteiger partial charge in [0, 0.05) is 21.8 Å². The largest absolute Gasteiger partial charge is 0.349 e. The van der Waals surface area contributed by atoms with Crippen molar-refractivity contribution in [2.45, 2.75) is 44.0 Å². The highest BCUT2D eigenvalue weighted by atomic mass is 79.9. The van der Waals surface area contributed by atoms with Crippen LogP contribution in [0.5, 0.6) is 0 Å². The van der Waals surface area contributed by atoms with Crippen LogP contribution in [-0.4, -0.2) is 20.4 Å². The fraction of sp³-hybridized carbons (Fsp3) is 0.381. The predicted octanol–water partition coefficient (Wildman–Crippen LogP) is 4.80. The molecule has 2 aromatic rings. The van der Waals surface area contributed by atoms with E-state index >= 15 is 0 Å². The maximum atomic E-state index is 12.7. The van der Waals surface area contributed by atoms with Crippen LogP contribution in [0.25, 0.3) is 0 Å². The number of benzene rings is 2. The summed E-state index contributed by atoms with van der Waals surface area (Å²) in [6.45, 7) is 4.40. The second kappa shape index (κ2) is 8.66. The lowest BCUT2D eigenvalue weighted by Crippen LogP contribution is -2.43. The minimum absolute atomic E-state index is 0.152. The molecule has 1 aliphatic carbocycles. The first-order chi connectivity index (χ1) is 13.3. The number of halogens is 1. The molecule has 5 nitrogen and oxygen atoms in total.